The molecule has 0 spiro atoms. The van der Waals surface area contributed by atoms with Crippen molar-refractivity contribution in [2.45, 2.75) is 84.1 Å². The van der Waals surface area contributed by atoms with E-state index in [1.807, 2.05) is 0 Å². The highest BCUT2D eigenvalue weighted by atomic mass is 15.2. The zero-order chi connectivity index (χ0) is 11.6. The van der Waals surface area contributed by atoms with Crippen LogP contribution in [0.25, 0.3) is 0 Å². The molecule has 1 saturated heterocycles. The molecule has 1 aliphatic carbocycles. The van der Waals surface area contributed by atoms with Crippen molar-refractivity contribution in [3.63, 3.8) is 0 Å². The Morgan fingerprint density at radius 2 is 1.38 bits per heavy atom. The van der Waals surface area contributed by atoms with E-state index in [1.165, 1.54) is 77.3 Å². The first-order valence-electron chi connectivity index (χ1n) is 7.62. The molecule has 16 heavy (non-hydrogen) atoms. The van der Waals surface area contributed by atoms with Crippen molar-refractivity contribution < 1.29 is 0 Å². The summed E-state index contributed by atoms with van der Waals surface area (Å²) < 4.78 is 0. The molecule has 0 amide bonds. The van der Waals surface area contributed by atoms with E-state index in [4.69, 9.17) is 0 Å². The summed E-state index contributed by atoms with van der Waals surface area (Å²) in [4.78, 5) is 2.72. The largest absolute Gasteiger partial charge is 0.300 e. The molecule has 1 saturated carbocycles. The standard InChI is InChI=1S/C10H19N.C5H12/c1-2-6-10(7-3-1)11-8-4-5-9-11;1-3-5-4-2/h10H,1-9H2;3-5H2,1-2H3. The number of hydrogen-bond donors (Lipinski definition) is 0. The van der Waals surface area contributed by atoms with E-state index in [1.54, 1.807) is 0 Å². The lowest BCUT2D eigenvalue weighted by Crippen LogP contribution is -2.34. The van der Waals surface area contributed by atoms with Crippen LogP contribution < -0.4 is 0 Å². The quantitative estimate of drug-likeness (QED) is 0.678. The summed E-state index contributed by atoms with van der Waals surface area (Å²) >= 11 is 0. The highest BCUT2D eigenvalue weighted by molar-refractivity contribution is 4.78. The van der Waals surface area contributed by atoms with Crippen LogP contribution in [-0.2, 0) is 0 Å². The minimum Gasteiger partial charge on any atom is -0.300 e. The van der Waals surface area contributed by atoms with Crippen LogP contribution in [0.4, 0.5) is 0 Å². The van der Waals surface area contributed by atoms with E-state index < -0.39 is 0 Å². The molecular formula is C15H31N. The van der Waals surface area contributed by atoms with Crippen molar-refractivity contribution in [3.05, 3.63) is 0 Å². The van der Waals surface area contributed by atoms with Gasteiger partial charge in [0.15, 0.2) is 0 Å². The summed E-state index contributed by atoms with van der Waals surface area (Å²) in [5, 5.41) is 0. The Morgan fingerprint density at radius 1 is 0.812 bits per heavy atom. The van der Waals surface area contributed by atoms with Gasteiger partial charge in [-0.05, 0) is 38.8 Å². The molecule has 0 aromatic carbocycles. The summed E-state index contributed by atoms with van der Waals surface area (Å²) in [6.07, 6.45) is 14.4. The normalized spacial score (nSPS) is 22.9. The predicted molar refractivity (Wildman–Crippen MR) is 72.9 cm³/mol. The minimum absolute atomic E-state index is 0.978. The van der Waals surface area contributed by atoms with Gasteiger partial charge in [-0.15, -0.1) is 0 Å². The summed E-state index contributed by atoms with van der Waals surface area (Å²) in [7, 11) is 0. The Bertz CT molecular complexity index is 142. The fourth-order valence-corrected chi connectivity index (χ4v) is 2.91. The maximum absolute atomic E-state index is 2.72. The van der Waals surface area contributed by atoms with Crippen molar-refractivity contribution in [2.75, 3.05) is 13.1 Å². The molecule has 96 valence electrons. The van der Waals surface area contributed by atoms with E-state index in [-0.39, 0.29) is 0 Å². The van der Waals surface area contributed by atoms with Gasteiger partial charge in [-0.2, -0.15) is 0 Å². The fraction of sp³-hybridized carbons (Fsp3) is 1.00. The third kappa shape index (κ3) is 5.34. The zero-order valence-corrected chi connectivity index (χ0v) is 11.5. The van der Waals surface area contributed by atoms with Crippen LogP contribution in [0.15, 0.2) is 0 Å². The van der Waals surface area contributed by atoms with Crippen molar-refractivity contribution >= 4 is 0 Å². The number of rotatable bonds is 3. The first-order chi connectivity index (χ1) is 7.88. The first kappa shape index (κ1) is 14.0. The van der Waals surface area contributed by atoms with Gasteiger partial charge in [0.2, 0.25) is 0 Å². The highest BCUT2D eigenvalue weighted by Crippen LogP contribution is 2.25. The molecule has 2 aliphatic rings. The second-order valence-electron chi connectivity index (χ2n) is 5.39. The van der Waals surface area contributed by atoms with Crippen molar-refractivity contribution in [3.8, 4) is 0 Å². The van der Waals surface area contributed by atoms with Gasteiger partial charge in [0, 0.05) is 6.04 Å². The average Bonchev–Trinajstić information content (AvgIpc) is 2.86. The summed E-state index contributed by atoms with van der Waals surface area (Å²) in [6.45, 7) is 7.21. The minimum atomic E-state index is 0.978. The lowest BCUT2D eigenvalue weighted by Gasteiger charge is -2.30. The van der Waals surface area contributed by atoms with Crippen molar-refractivity contribution in [2.24, 2.45) is 0 Å². The van der Waals surface area contributed by atoms with E-state index in [9.17, 15) is 0 Å². The third-order valence-electron chi connectivity index (χ3n) is 3.94. The van der Waals surface area contributed by atoms with Crippen LogP contribution in [0.2, 0.25) is 0 Å². The van der Waals surface area contributed by atoms with E-state index >= 15 is 0 Å². The van der Waals surface area contributed by atoms with E-state index in [0.717, 1.165) is 6.04 Å². The second-order valence-corrected chi connectivity index (χ2v) is 5.39. The molecule has 1 aliphatic heterocycles. The maximum Gasteiger partial charge on any atom is 0.00952 e. The number of hydrogen-bond acceptors (Lipinski definition) is 1. The third-order valence-corrected chi connectivity index (χ3v) is 3.94. The maximum atomic E-state index is 2.72. The fourth-order valence-electron chi connectivity index (χ4n) is 2.91. The molecular weight excluding hydrogens is 194 g/mol. The van der Waals surface area contributed by atoms with Gasteiger partial charge in [0.05, 0.1) is 0 Å². The smallest absolute Gasteiger partial charge is 0.00952 e. The Morgan fingerprint density at radius 3 is 1.81 bits per heavy atom. The second kappa shape index (κ2) is 9.04. The molecule has 0 unspecified atom stereocenters. The molecule has 0 bridgehead atoms. The number of unbranched alkanes of at least 4 members (excludes halogenated alkanes) is 2. The molecule has 1 nitrogen and oxygen atoms in total. The Hall–Kier alpha value is -0.0400. The summed E-state index contributed by atoms with van der Waals surface area (Å²) in [6, 6.07) is 0.978. The predicted octanol–water partition coefficient (Wildman–Crippen LogP) is 4.61. The van der Waals surface area contributed by atoms with Gasteiger partial charge in [0.1, 0.15) is 0 Å². The van der Waals surface area contributed by atoms with Crippen molar-refractivity contribution in [1.82, 2.24) is 4.90 Å². The topological polar surface area (TPSA) is 3.24 Å². The van der Waals surface area contributed by atoms with Gasteiger partial charge < -0.3 is 4.90 Å². The highest BCUT2D eigenvalue weighted by Gasteiger charge is 2.22. The van der Waals surface area contributed by atoms with Crippen LogP contribution >= 0.6 is 0 Å². The van der Waals surface area contributed by atoms with Crippen molar-refractivity contribution in [1.29, 1.82) is 0 Å². The molecule has 0 aromatic heterocycles. The molecule has 0 N–H and O–H groups in total. The summed E-state index contributed by atoms with van der Waals surface area (Å²) in [5.74, 6) is 0. The summed E-state index contributed by atoms with van der Waals surface area (Å²) in [5.41, 5.74) is 0. The van der Waals surface area contributed by atoms with Crippen LogP contribution in [0.3, 0.4) is 0 Å². The SMILES string of the molecule is C1CCC(N2CCCC2)CC1.CCCCC. The molecule has 2 rings (SSSR count). The molecule has 0 aromatic rings. The van der Waals surface area contributed by atoms with Gasteiger partial charge in [-0.3, -0.25) is 0 Å². The van der Waals surface area contributed by atoms with Gasteiger partial charge in [0.25, 0.3) is 0 Å². The first-order valence-corrected chi connectivity index (χ1v) is 7.62. The Labute approximate surface area is 103 Å². The van der Waals surface area contributed by atoms with Crippen LogP contribution in [-0.4, -0.2) is 24.0 Å². The lowest BCUT2D eigenvalue weighted by atomic mass is 9.94. The van der Waals surface area contributed by atoms with E-state index in [2.05, 4.69) is 18.7 Å². The average molecular weight is 225 g/mol. The number of likely N-dealkylation sites (tertiary alicyclic amines) is 1. The van der Waals surface area contributed by atoms with Gasteiger partial charge >= 0.3 is 0 Å². The van der Waals surface area contributed by atoms with Crippen LogP contribution in [0.5, 0.6) is 0 Å². The Kier molecular flexibility index (Phi) is 7.92. The molecule has 2 fully saturated rings. The zero-order valence-electron chi connectivity index (χ0n) is 11.5. The number of nitrogens with zero attached hydrogens (tertiary/aromatic N) is 1. The van der Waals surface area contributed by atoms with E-state index in [0.29, 0.717) is 0 Å². The Balaban J connectivity index is 0.000000221. The van der Waals surface area contributed by atoms with Crippen LogP contribution in [0, 0.1) is 0 Å². The van der Waals surface area contributed by atoms with Gasteiger partial charge in [-0.25, -0.2) is 0 Å². The van der Waals surface area contributed by atoms with Gasteiger partial charge in [-0.1, -0.05) is 52.4 Å². The molecule has 1 heterocycles. The monoisotopic (exact) mass is 225 g/mol. The van der Waals surface area contributed by atoms with Crippen LogP contribution in [0.1, 0.15) is 78.1 Å². The molecule has 1 heteroatoms. The molecule has 0 radical (unpaired) electrons. The lowest BCUT2D eigenvalue weighted by molar-refractivity contribution is 0.191. The molecule has 0 atom stereocenters.